The van der Waals surface area contributed by atoms with E-state index in [0.29, 0.717) is 5.56 Å². The number of nitrogens with zero attached hydrogens (tertiary/aromatic N) is 4. The first-order valence-electron chi connectivity index (χ1n) is 10.6. The molecule has 0 spiro atoms. The molecule has 1 saturated heterocycles. The average molecular weight is 409 g/mol. The second-order valence-corrected chi connectivity index (χ2v) is 7.86. The molecule has 0 aliphatic carbocycles. The van der Waals surface area contributed by atoms with Crippen LogP contribution in [0.1, 0.15) is 48.0 Å². The standard InChI is InChI=1S/C22H28N6O2/c1-24-22(30)28-12-8-18(14-19(28)23)27-11-6-7-16-13-17(15-25-20(16)27)21(29)26-9-4-2-3-5-10-26/h8,12-15,23H,2-7,9-11H2,1H3,(H,24,30). The number of hydrogen-bond acceptors (Lipinski definition) is 5. The lowest BCUT2D eigenvalue weighted by atomic mass is 10.0. The van der Waals surface area contributed by atoms with Gasteiger partial charge < -0.3 is 15.1 Å². The Morgan fingerprint density at radius 1 is 1.07 bits per heavy atom. The van der Waals surface area contributed by atoms with Crippen molar-refractivity contribution < 1.29 is 9.59 Å². The first kappa shape index (κ1) is 20.1. The normalized spacial score (nSPS) is 16.6. The fourth-order valence-electron chi connectivity index (χ4n) is 4.24. The number of rotatable bonds is 2. The van der Waals surface area contributed by atoms with Gasteiger partial charge in [0, 0.05) is 50.8 Å². The second-order valence-electron chi connectivity index (χ2n) is 7.86. The van der Waals surface area contributed by atoms with Crippen LogP contribution in [0.3, 0.4) is 0 Å². The van der Waals surface area contributed by atoms with Crippen LogP contribution in [-0.4, -0.2) is 53.1 Å². The fraction of sp³-hybridized carbons (Fsp3) is 0.455. The summed E-state index contributed by atoms with van der Waals surface area (Å²) in [5.74, 6) is 0.898. The van der Waals surface area contributed by atoms with Crippen molar-refractivity contribution >= 4 is 23.4 Å². The van der Waals surface area contributed by atoms with Crippen LogP contribution in [0.4, 0.5) is 16.3 Å². The molecule has 8 nitrogen and oxygen atoms in total. The number of pyridine rings is 2. The molecule has 1 fully saturated rings. The number of aromatic nitrogens is 2. The summed E-state index contributed by atoms with van der Waals surface area (Å²) in [4.78, 5) is 33.5. The van der Waals surface area contributed by atoms with E-state index in [0.717, 1.165) is 62.4 Å². The first-order valence-corrected chi connectivity index (χ1v) is 10.6. The Kier molecular flexibility index (Phi) is 5.83. The van der Waals surface area contributed by atoms with Gasteiger partial charge >= 0.3 is 6.03 Å². The molecule has 0 radical (unpaired) electrons. The number of carbonyl (C=O) groups is 2. The molecule has 4 rings (SSSR count). The van der Waals surface area contributed by atoms with Crippen molar-refractivity contribution in [3.8, 4) is 0 Å². The molecule has 0 bridgehead atoms. The van der Waals surface area contributed by atoms with Crippen molar-refractivity contribution in [2.75, 3.05) is 31.6 Å². The predicted molar refractivity (Wildman–Crippen MR) is 114 cm³/mol. The topological polar surface area (TPSA) is 94.3 Å². The van der Waals surface area contributed by atoms with Gasteiger partial charge in [0.15, 0.2) is 0 Å². The highest BCUT2D eigenvalue weighted by atomic mass is 16.2. The number of fused-ring (bicyclic) bond motifs is 1. The summed E-state index contributed by atoms with van der Waals surface area (Å²) in [6, 6.07) is 5.13. The summed E-state index contributed by atoms with van der Waals surface area (Å²) in [7, 11) is 1.54. The molecule has 2 aromatic heterocycles. The zero-order chi connectivity index (χ0) is 21.1. The zero-order valence-corrected chi connectivity index (χ0v) is 17.4. The number of anilines is 2. The van der Waals surface area contributed by atoms with Gasteiger partial charge in [0.05, 0.1) is 5.56 Å². The Morgan fingerprint density at radius 3 is 2.53 bits per heavy atom. The smallest absolute Gasteiger partial charge is 0.326 e. The zero-order valence-electron chi connectivity index (χ0n) is 17.4. The Bertz CT molecular complexity index is 1010. The number of nitrogens with one attached hydrogen (secondary N) is 2. The molecule has 0 atom stereocenters. The highest BCUT2D eigenvalue weighted by molar-refractivity contribution is 5.94. The van der Waals surface area contributed by atoms with Crippen molar-refractivity contribution in [2.45, 2.75) is 38.5 Å². The third-order valence-corrected chi connectivity index (χ3v) is 5.85. The molecular formula is C22H28N6O2. The van der Waals surface area contributed by atoms with E-state index in [9.17, 15) is 9.59 Å². The van der Waals surface area contributed by atoms with Crippen molar-refractivity contribution in [1.82, 2.24) is 19.8 Å². The predicted octanol–water partition coefficient (Wildman–Crippen LogP) is 2.65. The van der Waals surface area contributed by atoms with Crippen LogP contribution in [-0.2, 0) is 6.42 Å². The Morgan fingerprint density at radius 2 is 1.83 bits per heavy atom. The van der Waals surface area contributed by atoms with Crippen LogP contribution in [0.25, 0.3) is 0 Å². The Balaban J connectivity index is 1.61. The van der Waals surface area contributed by atoms with Gasteiger partial charge in [0.25, 0.3) is 5.91 Å². The largest absolute Gasteiger partial charge is 0.340 e. The van der Waals surface area contributed by atoms with Crippen molar-refractivity contribution in [3.05, 3.63) is 47.2 Å². The monoisotopic (exact) mass is 408 g/mol. The van der Waals surface area contributed by atoms with Gasteiger partial charge in [-0.15, -0.1) is 0 Å². The van der Waals surface area contributed by atoms with E-state index in [4.69, 9.17) is 5.41 Å². The van der Waals surface area contributed by atoms with Crippen LogP contribution in [0.15, 0.2) is 30.6 Å². The van der Waals surface area contributed by atoms with Crippen molar-refractivity contribution in [1.29, 1.82) is 5.41 Å². The molecule has 2 aliphatic rings. The second kappa shape index (κ2) is 8.69. The minimum absolute atomic E-state index is 0.0732. The van der Waals surface area contributed by atoms with E-state index >= 15 is 0 Å². The van der Waals surface area contributed by atoms with Crippen LogP contribution >= 0.6 is 0 Å². The van der Waals surface area contributed by atoms with E-state index in [2.05, 4.69) is 15.2 Å². The molecule has 8 heteroatoms. The minimum Gasteiger partial charge on any atom is -0.340 e. The van der Waals surface area contributed by atoms with Crippen molar-refractivity contribution in [2.24, 2.45) is 0 Å². The number of aryl methyl sites for hydroxylation is 1. The van der Waals surface area contributed by atoms with E-state index in [1.54, 1.807) is 18.5 Å². The number of carbonyl (C=O) groups excluding carboxylic acids is 2. The highest BCUT2D eigenvalue weighted by Gasteiger charge is 2.24. The van der Waals surface area contributed by atoms with Crippen LogP contribution in [0, 0.1) is 5.41 Å². The molecule has 2 aromatic rings. The van der Waals surface area contributed by atoms with Gasteiger partial charge in [0.2, 0.25) is 0 Å². The van der Waals surface area contributed by atoms with E-state index in [1.165, 1.54) is 24.5 Å². The highest BCUT2D eigenvalue weighted by Crippen LogP contribution is 2.31. The lowest BCUT2D eigenvalue weighted by Crippen LogP contribution is -2.35. The Labute approximate surface area is 176 Å². The quantitative estimate of drug-likeness (QED) is 0.799. The molecule has 2 N–H and O–H groups in total. The molecule has 0 saturated carbocycles. The number of likely N-dealkylation sites (tertiary alicyclic amines) is 1. The van der Waals surface area contributed by atoms with Crippen LogP contribution in [0.5, 0.6) is 0 Å². The van der Waals surface area contributed by atoms with E-state index in [-0.39, 0.29) is 17.4 Å². The van der Waals surface area contributed by atoms with Gasteiger partial charge in [-0.25, -0.2) is 9.78 Å². The van der Waals surface area contributed by atoms with Crippen LogP contribution < -0.4 is 15.7 Å². The molecule has 2 amide bonds. The molecule has 30 heavy (non-hydrogen) atoms. The molecule has 0 unspecified atom stereocenters. The summed E-state index contributed by atoms with van der Waals surface area (Å²) < 4.78 is 1.25. The molecule has 158 valence electrons. The van der Waals surface area contributed by atoms with Gasteiger partial charge in [0.1, 0.15) is 11.3 Å². The first-order chi connectivity index (χ1) is 14.6. The third kappa shape index (κ3) is 3.94. The minimum atomic E-state index is -0.347. The fourth-order valence-corrected chi connectivity index (χ4v) is 4.24. The maximum absolute atomic E-state index is 13.0. The maximum Gasteiger partial charge on any atom is 0.326 e. The Hall–Kier alpha value is -3.16. The summed E-state index contributed by atoms with van der Waals surface area (Å²) in [6.07, 6.45) is 9.61. The number of hydrogen-bond donors (Lipinski definition) is 2. The lowest BCUT2D eigenvalue weighted by Gasteiger charge is -2.30. The van der Waals surface area contributed by atoms with E-state index in [1.807, 2.05) is 17.0 Å². The summed E-state index contributed by atoms with van der Waals surface area (Å²) >= 11 is 0. The lowest BCUT2D eigenvalue weighted by molar-refractivity contribution is 0.0761. The summed E-state index contributed by atoms with van der Waals surface area (Å²) in [5.41, 5.74) is 2.63. The van der Waals surface area contributed by atoms with Gasteiger partial charge in [-0.1, -0.05) is 12.8 Å². The molecule has 4 heterocycles. The van der Waals surface area contributed by atoms with E-state index < -0.39 is 0 Å². The summed E-state index contributed by atoms with van der Waals surface area (Å²) in [6.45, 7) is 2.43. The van der Waals surface area contributed by atoms with Gasteiger partial charge in [-0.3, -0.25) is 14.8 Å². The maximum atomic E-state index is 13.0. The SMILES string of the molecule is CNC(=O)n1ccc(N2CCCc3cc(C(=O)N4CCCCCC4)cnc32)cc1=N. The molecule has 2 aliphatic heterocycles. The van der Waals surface area contributed by atoms with Crippen LogP contribution in [0.2, 0.25) is 0 Å². The average Bonchev–Trinajstić information content (AvgIpc) is 3.07. The molecular weight excluding hydrogens is 380 g/mol. The van der Waals surface area contributed by atoms with Gasteiger partial charge in [-0.05, 0) is 43.4 Å². The van der Waals surface area contributed by atoms with Gasteiger partial charge in [-0.2, -0.15) is 0 Å². The number of amides is 2. The van der Waals surface area contributed by atoms with Crippen molar-refractivity contribution in [3.63, 3.8) is 0 Å². The third-order valence-electron chi connectivity index (χ3n) is 5.85. The summed E-state index contributed by atoms with van der Waals surface area (Å²) in [5, 5.41) is 10.7. The molecule has 0 aromatic carbocycles.